The van der Waals surface area contributed by atoms with Gasteiger partial charge in [0.05, 0.1) is 19.3 Å². The molecule has 3 rings (SSSR count). The first-order chi connectivity index (χ1) is 9.83. The highest BCUT2D eigenvalue weighted by atomic mass is 32.1. The molecule has 1 aliphatic rings. The van der Waals surface area contributed by atoms with Gasteiger partial charge in [-0.15, -0.1) is 11.3 Å². The van der Waals surface area contributed by atoms with Gasteiger partial charge in [0.25, 0.3) is 0 Å². The Morgan fingerprint density at radius 2 is 2.15 bits per heavy atom. The van der Waals surface area contributed by atoms with Crippen LogP contribution in [0.25, 0.3) is 0 Å². The van der Waals surface area contributed by atoms with Gasteiger partial charge in [-0.1, -0.05) is 6.07 Å². The highest BCUT2D eigenvalue weighted by Gasteiger charge is 2.12. The Labute approximate surface area is 122 Å². The fraction of sp³-hybridized carbons (Fsp3) is 0.400. The maximum atomic E-state index is 5.71. The van der Waals surface area contributed by atoms with E-state index in [0.717, 1.165) is 42.7 Å². The summed E-state index contributed by atoms with van der Waals surface area (Å²) in [6.45, 7) is 4.37. The molecule has 0 saturated heterocycles. The SMILES string of the molecule is CC(NCc1ccc2c(c1)OCCCO2)c1nccs1. The number of benzene rings is 1. The molecule has 5 heteroatoms. The van der Waals surface area contributed by atoms with E-state index in [4.69, 9.17) is 9.47 Å². The van der Waals surface area contributed by atoms with Crippen LogP contribution in [0.4, 0.5) is 0 Å². The van der Waals surface area contributed by atoms with Crippen LogP contribution in [-0.2, 0) is 6.54 Å². The molecule has 0 aliphatic carbocycles. The van der Waals surface area contributed by atoms with Crippen molar-refractivity contribution in [2.24, 2.45) is 0 Å². The van der Waals surface area contributed by atoms with Gasteiger partial charge in [0, 0.05) is 24.5 Å². The molecule has 1 atom stereocenters. The predicted octanol–water partition coefficient (Wildman–Crippen LogP) is 3.16. The summed E-state index contributed by atoms with van der Waals surface area (Å²) in [5.41, 5.74) is 1.19. The summed E-state index contributed by atoms with van der Waals surface area (Å²) in [4.78, 5) is 4.32. The molecule has 0 fully saturated rings. The van der Waals surface area contributed by atoms with Gasteiger partial charge in [-0.2, -0.15) is 0 Å². The van der Waals surface area contributed by atoms with Gasteiger partial charge in [-0.05, 0) is 24.6 Å². The van der Waals surface area contributed by atoms with Gasteiger partial charge in [0.1, 0.15) is 5.01 Å². The van der Waals surface area contributed by atoms with Gasteiger partial charge in [0.2, 0.25) is 0 Å². The van der Waals surface area contributed by atoms with Crippen molar-refractivity contribution in [3.05, 3.63) is 40.3 Å². The van der Waals surface area contributed by atoms with Crippen LogP contribution in [0.2, 0.25) is 0 Å². The lowest BCUT2D eigenvalue weighted by Gasteiger charge is -2.13. The molecule has 0 saturated carbocycles. The summed E-state index contributed by atoms with van der Waals surface area (Å²) in [7, 11) is 0. The molecule has 2 heterocycles. The van der Waals surface area contributed by atoms with Crippen LogP contribution in [0.5, 0.6) is 11.5 Å². The fourth-order valence-electron chi connectivity index (χ4n) is 2.12. The molecule has 4 nitrogen and oxygen atoms in total. The number of ether oxygens (including phenoxy) is 2. The third-order valence-electron chi connectivity index (χ3n) is 3.25. The number of nitrogens with one attached hydrogen (secondary N) is 1. The number of fused-ring (bicyclic) bond motifs is 1. The molecular weight excluding hydrogens is 272 g/mol. The lowest BCUT2D eigenvalue weighted by atomic mass is 10.2. The van der Waals surface area contributed by atoms with Crippen molar-refractivity contribution in [3.8, 4) is 11.5 Å². The van der Waals surface area contributed by atoms with E-state index in [1.165, 1.54) is 5.56 Å². The molecule has 1 unspecified atom stereocenters. The summed E-state index contributed by atoms with van der Waals surface area (Å²) in [5, 5.41) is 6.59. The Morgan fingerprint density at radius 3 is 2.95 bits per heavy atom. The van der Waals surface area contributed by atoms with Crippen LogP contribution in [-0.4, -0.2) is 18.2 Å². The highest BCUT2D eigenvalue weighted by Crippen LogP contribution is 2.30. The van der Waals surface area contributed by atoms with E-state index in [2.05, 4.69) is 29.4 Å². The molecule has 1 aromatic heterocycles. The van der Waals surface area contributed by atoms with Crippen LogP contribution in [0.3, 0.4) is 0 Å². The van der Waals surface area contributed by atoms with Gasteiger partial charge < -0.3 is 14.8 Å². The summed E-state index contributed by atoms with van der Waals surface area (Å²) in [6.07, 6.45) is 2.77. The number of aromatic nitrogens is 1. The Balaban J connectivity index is 1.64. The van der Waals surface area contributed by atoms with E-state index in [-0.39, 0.29) is 6.04 Å². The molecular formula is C15H18N2O2S. The first-order valence-electron chi connectivity index (χ1n) is 6.84. The largest absolute Gasteiger partial charge is 0.490 e. The van der Waals surface area contributed by atoms with Crippen molar-refractivity contribution in [2.45, 2.75) is 25.9 Å². The van der Waals surface area contributed by atoms with Crippen LogP contribution in [0.15, 0.2) is 29.8 Å². The lowest BCUT2D eigenvalue weighted by Crippen LogP contribution is -2.17. The number of rotatable bonds is 4. The van der Waals surface area contributed by atoms with Crippen molar-refractivity contribution < 1.29 is 9.47 Å². The summed E-state index contributed by atoms with van der Waals surface area (Å²) in [5.74, 6) is 1.70. The van der Waals surface area contributed by atoms with Crippen molar-refractivity contribution in [1.82, 2.24) is 10.3 Å². The number of hydrogen-bond acceptors (Lipinski definition) is 5. The minimum atomic E-state index is 0.256. The van der Waals surface area contributed by atoms with E-state index < -0.39 is 0 Å². The average Bonchev–Trinajstić information content (AvgIpc) is 2.90. The lowest BCUT2D eigenvalue weighted by molar-refractivity contribution is 0.297. The maximum Gasteiger partial charge on any atom is 0.161 e. The van der Waals surface area contributed by atoms with Gasteiger partial charge in [-0.3, -0.25) is 0 Å². The predicted molar refractivity (Wildman–Crippen MR) is 79.4 cm³/mol. The summed E-state index contributed by atoms with van der Waals surface area (Å²) < 4.78 is 11.3. The first kappa shape index (κ1) is 13.4. The van der Waals surface area contributed by atoms with Crippen LogP contribution < -0.4 is 14.8 Å². The monoisotopic (exact) mass is 290 g/mol. The highest BCUT2D eigenvalue weighted by molar-refractivity contribution is 7.09. The second-order valence-corrected chi connectivity index (χ2v) is 5.73. The Bertz CT molecular complexity index is 557. The number of hydrogen-bond donors (Lipinski definition) is 1. The van der Waals surface area contributed by atoms with E-state index in [9.17, 15) is 0 Å². The molecule has 1 aromatic carbocycles. The molecule has 1 N–H and O–H groups in total. The quantitative estimate of drug-likeness (QED) is 0.939. The second kappa shape index (κ2) is 6.24. The third kappa shape index (κ3) is 3.11. The summed E-state index contributed by atoms with van der Waals surface area (Å²) in [6, 6.07) is 6.38. The van der Waals surface area contributed by atoms with Crippen LogP contribution >= 0.6 is 11.3 Å². The van der Waals surface area contributed by atoms with Crippen molar-refractivity contribution in [2.75, 3.05) is 13.2 Å². The molecule has 20 heavy (non-hydrogen) atoms. The summed E-state index contributed by atoms with van der Waals surface area (Å²) >= 11 is 1.67. The van der Waals surface area contributed by atoms with Gasteiger partial charge in [0.15, 0.2) is 11.5 Å². The average molecular weight is 290 g/mol. The van der Waals surface area contributed by atoms with Crippen molar-refractivity contribution in [1.29, 1.82) is 0 Å². The number of thiazole rings is 1. The van der Waals surface area contributed by atoms with E-state index in [1.54, 1.807) is 11.3 Å². The smallest absolute Gasteiger partial charge is 0.161 e. The Morgan fingerprint density at radius 1 is 1.30 bits per heavy atom. The zero-order valence-electron chi connectivity index (χ0n) is 11.5. The van der Waals surface area contributed by atoms with Crippen LogP contribution in [0, 0.1) is 0 Å². The minimum absolute atomic E-state index is 0.256. The van der Waals surface area contributed by atoms with E-state index in [1.807, 2.05) is 17.6 Å². The number of nitrogens with zero attached hydrogens (tertiary/aromatic N) is 1. The molecule has 0 amide bonds. The van der Waals surface area contributed by atoms with Crippen molar-refractivity contribution >= 4 is 11.3 Å². The van der Waals surface area contributed by atoms with Crippen molar-refractivity contribution in [3.63, 3.8) is 0 Å². The first-order valence-corrected chi connectivity index (χ1v) is 7.72. The Hall–Kier alpha value is -1.59. The molecule has 0 bridgehead atoms. The molecule has 2 aromatic rings. The Kier molecular flexibility index (Phi) is 4.18. The topological polar surface area (TPSA) is 43.4 Å². The fourth-order valence-corrected chi connectivity index (χ4v) is 2.79. The van der Waals surface area contributed by atoms with Gasteiger partial charge in [-0.25, -0.2) is 4.98 Å². The molecule has 106 valence electrons. The maximum absolute atomic E-state index is 5.71. The minimum Gasteiger partial charge on any atom is -0.490 e. The normalized spacial score (nSPS) is 15.7. The third-order valence-corrected chi connectivity index (χ3v) is 4.20. The molecule has 1 aliphatic heterocycles. The van der Waals surface area contributed by atoms with E-state index in [0.29, 0.717) is 0 Å². The zero-order valence-corrected chi connectivity index (χ0v) is 12.3. The zero-order chi connectivity index (χ0) is 13.8. The van der Waals surface area contributed by atoms with E-state index >= 15 is 0 Å². The van der Waals surface area contributed by atoms with Gasteiger partial charge >= 0.3 is 0 Å². The van der Waals surface area contributed by atoms with Crippen LogP contribution in [0.1, 0.15) is 30.0 Å². The molecule has 0 spiro atoms. The standard InChI is InChI=1S/C15H18N2O2S/c1-11(15-16-5-8-20-15)17-10-12-3-4-13-14(9-12)19-7-2-6-18-13/h3-5,8-9,11,17H,2,6-7,10H2,1H3. The molecule has 0 radical (unpaired) electrons. The second-order valence-electron chi connectivity index (χ2n) is 4.80.